The van der Waals surface area contributed by atoms with Gasteiger partial charge in [0.15, 0.2) is 11.5 Å². The fourth-order valence-electron chi connectivity index (χ4n) is 15.8. The van der Waals surface area contributed by atoms with Crippen LogP contribution >= 0.6 is 12.4 Å². The molecule has 2 unspecified atom stereocenters. The van der Waals surface area contributed by atoms with Gasteiger partial charge in [-0.2, -0.15) is 36.0 Å². The number of nitrogen functional groups attached to an aromatic ring is 2. The maximum atomic E-state index is 15.1. The average Bonchev–Trinajstić information content (AvgIpc) is 1.55. The van der Waals surface area contributed by atoms with Crippen LogP contribution in [0.3, 0.4) is 0 Å². The molecule has 3 saturated carbocycles. The molecule has 6 heterocycles. The fourth-order valence-corrected chi connectivity index (χ4v) is 15.8. The Hall–Kier alpha value is -16.0. The standard InChI is InChI=1S/C33H29FN6O.C32H28FN7O.C24H28N4O6.C18H18FN3.ClH/c1-20-14-31(40(39-20)27-10-8-24-12-13-36-21(2)28(24)17-27)33(41)38-30-16-26(9-11-29(30)34)32(37-19-22-6-7-22)25-5-3-4-23(15-25)18-35;1-19-13-29(40(39-19)25-9-7-22-11-12-36-31(35)26(22)16-25)32(41)38-28-15-24(8-10-27(28)33)30(37-18-20-5-6-20)23-4-2-3-21(14-23)17-34;1-14-12-18(20(29)30)28(26-14)16-9-8-15-10-11-25-19(17(15)13-16)27(21(31)33-23(2,3)4)22(32)34-24(5,6)7;19-16-7-6-15(9-17(16)21)18(22-11-12-4-5-12)14-3-1-2-13(8-14)10-20;/h3-5,8-17,22,32,37H,6-7,19H2,1-2H3,(H,38,41);2-4,7-16,20,30,37H,5-6,18H2,1H3,(H2,35,36)(H,38,41);8-13H,1-7H3,(H,29,30);1-3,6-9,12,18,22H,4-5,11,21H2;1H/t;;;18-;/m...1./s1. The number of carbonyl (C=O) groups is 5. The van der Waals surface area contributed by atoms with Crippen LogP contribution in [0.1, 0.15) is 203 Å². The lowest BCUT2D eigenvalue weighted by molar-refractivity contribution is 0.0427. The highest BCUT2D eigenvalue weighted by molar-refractivity contribution is 6.14. The van der Waals surface area contributed by atoms with E-state index < -0.39 is 58.6 Å². The third-order valence-corrected chi connectivity index (χ3v) is 23.2. The number of nitrogens with two attached hydrogens (primary N) is 2. The molecule has 9 aromatic carbocycles. The largest absolute Gasteiger partial charge is 0.477 e. The van der Waals surface area contributed by atoms with Gasteiger partial charge >= 0.3 is 18.2 Å². The molecular formula is C107H104ClF3N20O8. The second kappa shape index (κ2) is 42.9. The molecule has 139 heavy (non-hydrogen) atoms. The van der Waals surface area contributed by atoms with Crippen LogP contribution in [0.4, 0.5) is 51.5 Å². The van der Waals surface area contributed by atoms with Crippen molar-refractivity contribution in [3.8, 4) is 35.3 Å². The number of carbonyl (C=O) groups excluding carboxylic acids is 4. The van der Waals surface area contributed by atoms with Crippen LogP contribution < -0.4 is 43.0 Å². The summed E-state index contributed by atoms with van der Waals surface area (Å²) in [6, 6.07) is 69.1. The first kappa shape index (κ1) is 99.0. The summed E-state index contributed by atoms with van der Waals surface area (Å²) in [7, 11) is 0. The number of imide groups is 1. The van der Waals surface area contributed by atoms with E-state index in [1.807, 2.05) is 117 Å². The second-order valence-electron chi connectivity index (χ2n) is 36.5. The first-order valence-corrected chi connectivity index (χ1v) is 45.2. The molecule has 15 aromatic rings. The van der Waals surface area contributed by atoms with Gasteiger partial charge in [0.05, 0.1) is 104 Å². The Morgan fingerprint density at radius 2 is 0.791 bits per heavy atom. The molecule has 3 aliphatic carbocycles. The zero-order valence-corrected chi connectivity index (χ0v) is 79.0. The van der Waals surface area contributed by atoms with Gasteiger partial charge in [0.25, 0.3) is 11.8 Å². The fraction of sp³-hybridized carbons (Fsp3) is 0.252. The van der Waals surface area contributed by atoms with Crippen molar-refractivity contribution >= 4 is 103 Å². The predicted octanol–water partition coefficient (Wildman–Crippen LogP) is 20.9. The number of nitrogens with one attached hydrogen (secondary N) is 5. The Bertz CT molecular complexity index is 7000. The summed E-state index contributed by atoms with van der Waals surface area (Å²) in [6.07, 6.45) is 10.2. The summed E-state index contributed by atoms with van der Waals surface area (Å²) in [5.41, 5.74) is 22.3. The second-order valence-corrected chi connectivity index (χ2v) is 36.5. The number of pyridine rings is 3. The van der Waals surface area contributed by atoms with Gasteiger partial charge in [0.1, 0.15) is 45.9 Å². The van der Waals surface area contributed by atoms with E-state index in [0.717, 1.165) is 91.1 Å². The number of aromatic nitrogens is 9. The number of benzene rings is 9. The van der Waals surface area contributed by atoms with Crippen LogP contribution in [0.5, 0.6) is 0 Å². The van der Waals surface area contributed by atoms with Crippen LogP contribution in [-0.2, 0) is 9.47 Å². The summed E-state index contributed by atoms with van der Waals surface area (Å²) >= 11 is 0. The lowest BCUT2D eigenvalue weighted by Crippen LogP contribution is -2.44. The molecule has 0 spiro atoms. The summed E-state index contributed by atoms with van der Waals surface area (Å²) in [6.45, 7) is 19.9. The highest BCUT2D eigenvalue weighted by Gasteiger charge is 2.36. The smallest absolute Gasteiger partial charge is 0.425 e. The molecular weight excluding hydrogens is 1790 g/mol. The number of carboxylic acids is 1. The van der Waals surface area contributed by atoms with E-state index in [2.05, 4.69) is 75.0 Å². The molecule has 6 aromatic heterocycles. The molecule has 0 saturated heterocycles. The highest BCUT2D eigenvalue weighted by Crippen LogP contribution is 2.38. The molecule has 708 valence electrons. The SMILES string of the molecule is Cc1cc(C(=O)Nc2cc(C(NCC3CC3)c3cccc(C#N)c3)ccc2F)n(-c2ccc3ccnc(C)c3c2)n1.Cc1cc(C(=O)Nc2cc(C(NCC3CC3)c3cccc(C#N)c3)ccc2F)n(-c2ccc3ccnc(N)c3c2)n1.Cc1cc(C(=O)O)n(-c2ccc3ccnc(N(C(=O)OC(C)(C)C)C(=O)OC(C)(C)C)c3c2)n1.Cl.N#Cc1cccc([C@@H](NCC2CC2)c2ccc(F)c(N)c2)c1. The molecule has 3 atom stereocenters. The van der Waals surface area contributed by atoms with Crippen molar-refractivity contribution < 1.29 is 51.7 Å². The molecule has 0 aliphatic heterocycles. The van der Waals surface area contributed by atoms with Crippen molar-refractivity contribution in [2.75, 3.05) is 46.6 Å². The minimum absolute atomic E-state index is 0. The number of nitrogens with zero attached hydrogens (tertiary/aromatic N) is 13. The van der Waals surface area contributed by atoms with Crippen molar-refractivity contribution in [3.63, 3.8) is 0 Å². The summed E-state index contributed by atoms with van der Waals surface area (Å²) in [5.74, 6) is -1.30. The minimum atomic E-state index is -1.14. The van der Waals surface area contributed by atoms with E-state index in [4.69, 9.17) is 26.2 Å². The molecule has 18 rings (SSSR count). The summed E-state index contributed by atoms with van der Waals surface area (Å²) in [5, 5.41) is 71.8. The number of ether oxygens (including phenoxy) is 2. The number of anilines is 5. The maximum absolute atomic E-state index is 15.1. The zero-order chi connectivity index (χ0) is 98.0. The van der Waals surface area contributed by atoms with Crippen molar-refractivity contribution in [1.82, 2.24) is 60.2 Å². The summed E-state index contributed by atoms with van der Waals surface area (Å²) in [4.78, 5) is 78.5. The van der Waals surface area contributed by atoms with Gasteiger partial charge in [-0.25, -0.2) is 51.6 Å². The van der Waals surface area contributed by atoms with E-state index in [1.54, 1.807) is 163 Å². The van der Waals surface area contributed by atoms with Gasteiger partial charge in [0, 0.05) is 40.4 Å². The Labute approximate surface area is 807 Å². The Balaban J connectivity index is 0.000000151. The molecule has 28 nitrogen and oxygen atoms in total. The number of rotatable bonds is 24. The van der Waals surface area contributed by atoms with E-state index >= 15 is 8.78 Å². The van der Waals surface area contributed by atoms with Crippen LogP contribution in [-0.4, -0.2) is 110 Å². The lowest BCUT2D eigenvalue weighted by Gasteiger charge is -2.28. The Morgan fingerprint density at radius 3 is 1.19 bits per heavy atom. The van der Waals surface area contributed by atoms with E-state index in [9.17, 15) is 44.0 Å². The molecule has 0 radical (unpaired) electrons. The molecule has 3 fully saturated rings. The Morgan fingerprint density at radius 1 is 0.439 bits per heavy atom. The number of halogens is 4. The van der Waals surface area contributed by atoms with Gasteiger partial charge in [-0.3, -0.25) is 14.6 Å². The molecule has 32 heteroatoms. The normalized spacial score (nSPS) is 13.3. The van der Waals surface area contributed by atoms with E-state index in [0.29, 0.717) is 85.0 Å². The van der Waals surface area contributed by atoms with Crippen LogP contribution in [0.2, 0.25) is 0 Å². The quantitative estimate of drug-likeness (QED) is 0.0260. The first-order valence-electron chi connectivity index (χ1n) is 45.2. The average molecular weight is 1890 g/mol. The third kappa shape index (κ3) is 24.8. The predicted molar refractivity (Wildman–Crippen MR) is 530 cm³/mol. The number of aromatic carboxylic acids is 1. The van der Waals surface area contributed by atoms with E-state index in [1.165, 1.54) is 78.4 Å². The number of hydrogen-bond acceptors (Lipinski definition) is 21. The molecule has 10 N–H and O–H groups in total. The number of hydrogen-bond donors (Lipinski definition) is 8. The number of amides is 4. The topological polar surface area (TPSA) is 403 Å². The van der Waals surface area contributed by atoms with Gasteiger partial charge < -0.3 is 52.6 Å². The van der Waals surface area contributed by atoms with Gasteiger partial charge in [0.2, 0.25) is 0 Å². The van der Waals surface area contributed by atoms with Crippen molar-refractivity contribution in [3.05, 3.63) is 344 Å². The number of carboxylic acid groups (broad SMARTS) is 1. The molecule has 3 aliphatic rings. The first-order chi connectivity index (χ1) is 66.1. The minimum Gasteiger partial charge on any atom is -0.477 e. The summed E-state index contributed by atoms with van der Waals surface area (Å²) < 4.78 is 58.9. The van der Waals surface area contributed by atoms with E-state index in [-0.39, 0.29) is 64.8 Å². The van der Waals surface area contributed by atoms with Crippen molar-refractivity contribution in [2.45, 2.75) is 137 Å². The molecule has 4 amide bonds. The third-order valence-electron chi connectivity index (χ3n) is 23.2. The lowest BCUT2D eigenvalue weighted by atomic mass is 9.96. The van der Waals surface area contributed by atoms with Gasteiger partial charge in [-0.15, -0.1) is 12.4 Å². The van der Waals surface area contributed by atoms with Crippen molar-refractivity contribution in [2.24, 2.45) is 17.8 Å². The van der Waals surface area contributed by atoms with Crippen LogP contribution in [0.15, 0.2) is 237 Å². The number of nitriles is 3. The van der Waals surface area contributed by atoms with Crippen molar-refractivity contribution in [1.29, 1.82) is 15.8 Å². The Kier molecular flexibility index (Phi) is 30.6. The van der Waals surface area contributed by atoms with Crippen LogP contribution in [0.25, 0.3) is 49.4 Å². The highest BCUT2D eigenvalue weighted by atomic mass is 35.5. The monoisotopic (exact) mass is 1890 g/mol. The number of aryl methyl sites for hydroxylation is 4. The molecule has 0 bridgehead atoms. The van der Waals surface area contributed by atoms with Gasteiger partial charge in [-0.1, -0.05) is 72.8 Å². The van der Waals surface area contributed by atoms with Crippen LogP contribution in [0, 0.1) is 96.9 Å². The maximum Gasteiger partial charge on any atom is 0.425 e. The number of fused-ring (bicyclic) bond motifs is 3. The van der Waals surface area contributed by atoms with Gasteiger partial charge in [-0.05, 0) is 340 Å². The zero-order valence-electron chi connectivity index (χ0n) is 78.2.